The second-order valence-corrected chi connectivity index (χ2v) is 4.53. The van der Waals surface area contributed by atoms with E-state index in [1.165, 1.54) is 0 Å². The summed E-state index contributed by atoms with van der Waals surface area (Å²) in [5.74, 6) is 0.341. The monoisotopic (exact) mass is 225 g/mol. The molecule has 0 aromatic carbocycles. The number of aliphatic hydroxyl groups is 1. The van der Waals surface area contributed by atoms with Gasteiger partial charge in [0, 0.05) is 31.4 Å². The van der Waals surface area contributed by atoms with Gasteiger partial charge in [0.15, 0.2) is 0 Å². The van der Waals surface area contributed by atoms with Crippen molar-refractivity contribution >= 4 is 0 Å². The SMILES string of the molecule is CCC(C)C(O)CNC(C)c1cnn(C)c1. The van der Waals surface area contributed by atoms with Gasteiger partial charge < -0.3 is 10.4 Å². The molecule has 3 unspecified atom stereocenters. The van der Waals surface area contributed by atoms with E-state index in [-0.39, 0.29) is 12.1 Å². The van der Waals surface area contributed by atoms with E-state index in [2.05, 4.69) is 31.2 Å². The van der Waals surface area contributed by atoms with Crippen molar-refractivity contribution in [3.8, 4) is 0 Å². The fraction of sp³-hybridized carbons (Fsp3) is 0.750. The number of hydrogen-bond donors (Lipinski definition) is 2. The van der Waals surface area contributed by atoms with Crippen molar-refractivity contribution in [2.45, 2.75) is 39.3 Å². The van der Waals surface area contributed by atoms with Crippen LogP contribution >= 0.6 is 0 Å². The Kier molecular flexibility index (Phi) is 4.96. The molecule has 0 aliphatic heterocycles. The highest BCUT2D eigenvalue weighted by atomic mass is 16.3. The molecule has 92 valence electrons. The molecule has 1 aromatic heterocycles. The van der Waals surface area contributed by atoms with Gasteiger partial charge in [-0.3, -0.25) is 4.68 Å². The van der Waals surface area contributed by atoms with Crippen molar-refractivity contribution in [2.75, 3.05) is 6.54 Å². The third-order valence-corrected chi connectivity index (χ3v) is 3.16. The van der Waals surface area contributed by atoms with Gasteiger partial charge in [-0.2, -0.15) is 5.10 Å². The van der Waals surface area contributed by atoms with Gasteiger partial charge in [0.25, 0.3) is 0 Å². The molecule has 4 heteroatoms. The summed E-state index contributed by atoms with van der Waals surface area (Å²) < 4.78 is 1.79. The van der Waals surface area contributed by atoms with E-state index in [1.54, 1.807) is 4.68 Å². The van der Waals surface area contributed by atoms with E-state index < -0.39 is 0 Å². The number of aliphatic hydroxyl groups excluding tert-OH is 1. The third kappa shape index (κ3) is 3.61. The molecule has 1 heterocycles. The maximum absolute atomic E-state index is 9.84. The van der Waals surface area contributed by atoms with E-state index >= 15 is 0 Å². The Morgan fingerprint density at radius 3 is 2.69 bits per heavy atom. The van der Waals surface area contributed by atoms with Crippen LogP contribution in [0.4, 0.5) is 0 Å². The Labute approximate surface area is 97.7 Å². The summed E-state index contributed by atoms with van der Waals surface area (Å²) in [5, 5.41) is 17.3. The van der Waals surface area contributed by atoms with Gasteiger partial charge in [0.05, 0.1) is 12.3 Å². The highest BCUT2D eigenvalue weighted by Crippen LogP contribution is 2.12. The number of aromatic nitrogens is 2. The van der Waals surface area contributed by atoms with Crippen molar-refractivity contribution in [3.05, 3.63) is 18.0 Å². The number of hydrogen-bond acceptors (Lipinski definition) is 3. The minimum atomic E-state index is -0.274. The molecule has 0 aliphatic carbocycles. The first kappa shape index (κ1) is 13.2. The summed E-state index contributed by atoms with van der Waals surface area (Å²) in [5.41, 5.74) is 1.15. The molecule has 0 radical (unpaired) electrons. The highest BCUT2D eigenvalue weighted by molar-refractivity contribution is 5.08. The smallest absolute Gasteiger partial charge is 0.0690 e. The van der Waals surface area contributed by atoms with Crippen molar-refractivity contribution in [1.29, 1.82) is 0 Å². The lowest BCUT2D eigenvalue weighted by Crippen LogP contribution is -2.32. The van der Waals surface area contributed by atoms with E-state index in [0.29, 0.717) is 12.5 Å². The van der Waals surface area contributed by atoms with E-state index in [1.807, 2.05) is 19.4 Å². The fourth-order valence-electron chi connectivity index (χ4n) is 1.55. The molecule has 0 bridgehead atoms. The van der Waals surface area contributed by atoms with Gasteiger partial charge in [-0.1, -0.05) is 20.3 Å². The van der Waals surface area contributed by atoms with Gasteiger partial charge in [0.1, 0.15) is 0 Å². The first-order valence-electron chi connectivity index (χ1n) is 5.94. The van der Waals surface area contributed by atoms with E-state index in [9.17, 15) is 5.11 Å². The fourth-order valence-corrected chi connectivity index (χ4v) is 1.55. The zero-order valence-electron chi connectivity index (χ0n) is 10.6. The molecule has 0 saturated carbocycles. The van der Waals surface area contributed by atoms with Gasteiger partial charge >= 0.3 is 0 Å². The summed E-state index contributed by atoms with van der Waals surface area (Å²) in [6.45, 7) is 6.88. The summed E-state index contributed by atoms with van der Waals surface area (Å²) in [4.78, 5) is 0. The number of aryl methyl sites for hydroxylation is 1. The maximum Gasteiger partial charge on any atom is 0.0690 e. The summed E-state index contributed by atoms with van der Waals surface area (Å²) in [6.07, 6.45) is 4.58. The number of nitrogens with zero attached hydrogens (tertiary/aromatic N) is 2. The molecule has 0 saturated heterocycles. The minimum absolute atomic E-state index is 0.229. The summed E-state index contributed by atoms with van der Waals surface area (Å²) in [7, 11) is 1.91. The molecular formula is C12H23N3O. The molecule has 1 aromatic rings. The zero-order valence-corrected chi connectivity index (χ0v) is 10.6. The Bertz CT molecular complexity index is 311. The molecule has 16 heavy (non-hydrogen) atoms. The normalized spacial score (nSPS) is 17.1. The van der Waals surface area contributed by atoms with Crippen LogP contribution in [0.3, 0.4) is 0 Å². The Hall–Kier alpha value is -0.870. The predicted octanol–water partition coefficient (Wildman–Crippen LogP) is 1.48. The van der Waals surface area contributed by atoms with Crippen molar-refractivity contribution in [1.82, 2.24) is 15.1 Å². The van der Waals surface area contributed by atoms with Crippen LogP contribution in [-0.4, -0.2) is 27.5 Å². The van der Waals surface area contributed by atoms with E-state index in [0.717, 1.165) is 12.0 Å². The average Bonchev–Trinajstić information content (AvgIpc) is 2.71. The van der Waals surface area contributed by atoms with Gasteiger partial charge in [-0.25, -0.2) is 0 Å². The van der Waals surface area contributed by atoms with Crippen LogP contribution in [0.15, 0.2) is 12.4 Å². The van der Waals surface area contributed by atoms with Gasteiger partial charge in [-0.15, -0.1) is 0 Å². The largest absolute Gasteiger partial charge is 0.392 e. The number of rotatable bonds is 6. The van der Waals surface area contributed by atoms with Crippen LogP contribution in [0.25, 0.3) is 0 Å². The van der Waals surface area contributed by atoms with Crippen molar-refractivity contribution < 1.29 is 5.11 Å². The first-order valence-corrected chi connectivity index (χ1v) is 5.94. The van der Waals surface area contributed by atoms with Crippen LogP contribution in [0.5, 0.6) is 0 Å². The lowest BCUT2D eigenvalue weighted by atomic mass is 10.0. The Morgan fingerprint density at radius 2 is 2.19 bits per heavy atom. The zero-order chi connectivity index (χ0) is 12.1. The minimum Gasteiger partial charge on any atom is -0.392 e. The highest BCUT2D eigenvalue weighted by Gasteiger charge is 2.14. The lowest BCUT2D eigenvalue weighted by molar-refractivity contribution is 0.110. The van der Waals surface area contributed by atoms with Gasteiger partial charge in [-0.05, 0) is 12.8 Å². The van der Waals surface area contributed by atoms with Crippen LogP contribution < -0.4 is 5.32 Å². The lowest BCUT2D eigenvalue weighted by Gasteiger charge is -2.20. The van der Waals surface area contributed by atoms with Crippen LogP contribution in [0.1, 0.15) is 38.8 Å². The molecule has 0 aliphatic rings. The molecule has 1 rings (SSSR count). The Morgan fingerprint density at radius 1 is 1.50 bits per heavy atom. The Balaban J connectivity index is 2.38. The predicted molar refractivity (Wildman–Crippen MR) is 65.1 cm³/mol. The standard InChI is InChI=1S/C12H23N3O/c1-5-9(2)12(16)7-13-10(3)11-6-14-15(4)8-11/h6,8-10,12-13,16H,5,7H2,1-4H3. The molecular weight excluding hydrogens is 202 g/mol. The van der Waals surface area contributed by atoms with Crippen LogP contribution in [0, 0.1) is 5.92 Å². The third-order valence-electron chi connectivity index (χ3n) is 3.16. The van der Waals surface area contributed by atoms with Gasteiger partial charge in [0.2, 0.25) is 0 Å². The molecule has 3 atom stereocenters. The molecule has 2 N–H and O–H groups in total. The second kappa shape index (κ2) is 6.01. The maximum atomic E-state index is 9.84. The molecule has 0 fully saturated rings. The summed E-state index contributed by atoms with van der Waals surface area (Å²) in [6, 6.07) is 0.229. The average molecular weight is 225 g/mol. The molecule has 0 amide bonds. The topological polar surface area (TPSA) is 50.1 Å². The second-order valence-electron chi connectivity index (χ2n) is 4.53. The van der Waals surface area contributed by atoms with Crippen LogP contribution in [-0.2, 0) is 7.05 Å². The molecule has 0 spiro atoms. The first-order chi connectivity index (χ1) is 7.54. The van der Waals surface area contributed by atoms with Crippen molar-refractivity contribution in [3.63, 3.8) is 0 Å². The van der Waals surface area contributed by atoms with Crippen LogP contribution in [0.2, 0.25) is 0 Å². The van der Waals surface area contributed by atoms with E-state index in [4.69, 9.17) is 0 Å². The quantitative estimate of drug-likeness (QED) is 0.771. The molecule has 4 nitrogen and oxygen atoms in total. The van der Waals surface area contributed by atoms with Crippen molar-refractivity contribution in [2.24, 2.45) is 13.0 Å². The summed E-state index contributed by atoms with van der Waals surface area (Å²) >= 11 is 0. The number of nitrogens with one attached hydrogen (secondary N) is 1.